The number of ketones is 1. The molecule has 0 saturated carbocycles. The Morgan fingerprint density at radius 3 is 2.46 bits per heavy atom. The van der Waals surface area contributed by atoms with Gasteiger partial charge in [-0.15, -0.1) is 0 Å². The van der Waals surface area contributed by atoms with Crippen LogP contribution in [0.4, 0.5) is 0 Å². The number of benzene rings is 3. The van der Waals surface area contributed by atoms with Gasteiger partial charge in [-0.3, -0.25) is 4.79 Å². The molecule has 3 aromatic carbocycles. The summed E-state index contributed by atoms with van der Waals surface area (Å²) >= 11 is 0. The molecule has 39 heavy (non-hydrogen) atoms. The average Bonchev–Trinajstić information content (AvgIpc) is 3.30. The summed E-state index contributed by atoms with van der Waals surface area (Å²) in [4.78, 5) is 29.0. The number of nitrogens with zero attached hydrogens (tertiary/aromatic N) is 1. The summed E-state index contributed by atoms with van der Waals surface area (Å²) in [6.45, 7) is 5.94. The van der Waals surface area contributed by atoms with Crippen molar-refractivity contribution in [2.75, 3.05) is 6.61 Å². The molecule has 7 heteroatoms. The Balaban J connectivity index is 1.30. The van der Waals surface area contributed by atoms with Crippen molar-refractivity contribution in [1.82, 2.24) is 10.3 Å². The van der Waals surface area contributed by atoms with Crippen LogP contribution in [0.25, 0.3) is 11.5 Å². The summed E-state index contributed by atoms with van der Waals surface area (Å²) in [5.41, 5.74) is 4.66. The number of hydrogen-bond donors (Lipinski definition) is 2. The van der Waals surface area contributed by atoms with Crippen LogP contribution in [0.2, 0.25) is 0 Å². The van der Waals surface area contributed by atoms with Crippen molar-refractivity contribution in [3.05, 3.63) is 119 Å². The van der Waals surface area contributed by atoms with Crippen LogP contribution in [0, 0.1) is 13.8 Å². The molecule has 1 heterocycles. The van der Waals surface area contributed by atoms with E-state index in [1.54, 1.807) is 19.1 Å². The van der Waals surface area contributed by atoms with Gasteiger partial charge in [0.15, 0.2) is 5.78 Å². The molecule has 0 aliphatic carbocycles. The number of carbonyl (C=O) groups excluding carboxylic acids is 1. The molecule has 0 unspecified atom stereocenters. The minimum Gasteiger partial charge on any atom is -0.493 e. The van der Waals surface area contributed by atoms with Gasteiger partial charge < -0.3 is 19.6 Å². The molecule has 200 valence electrons. The second-order valence-electron chi connectivity index (χ2n) is 9.43. The number of carboxylic acid groups (broad SMARTS) is 1. The third-order valence-corrected chi connectivity index (χ3v) is 6.23. The van der Waals surface area contributed by atoms with Gasteiger partial charge in [0.2, 0.25) is 5.89 Å². The van der Waals surface area contributed by atoms with Gasteiger partial charge in [0.25, 0.3) is 0 Å². The Morgan fingerprint density at radius 1 is 1.03 bits per heavy atom. The molecule has 2 N–H and O–H groups in total. The topological polar surface area (TPSA) is 102 Å². The lowest BCUT2D eigenvalue weighted by molar-refractivity contribution is -0.139. The third kappa shape index (κ3) is 7.68. The molecule has 1 atom stereocenters. The van der Waals surface area contributed by atoms with E-state index in [1.165, 1.54) is 6.08 Å². The van der Waals surface area contributed by atoms with Crippen LogP contribution in [0.3, 0.4) is 0 Å². The Kier molecular flexibility index (Phi) is 8.94. The normalized spacial score (nSPS) is 12.1. The van der Waals surface area contributed by atoms with Crippen molar-refractivity contribution >= 4 is 11.8 Å². The van der Waals surface area contributed by atoms with Gasteiger partial charge in [-0.25, -0.2) is 9.78 Å². The van der Waals surface area contributed by atoms with Gasteiger partial charge in [0.1, 0.15) is 17.6 Å². The minimum absolute atomic E-state index is 0.175. The lowest BCUT2D eigenvalue weighted by Crippen LogP contribution is -2.37. The van der Waals surface area contributed by atoms with E-state index in [-0.39, 0.29) is 12.2 Å². The molecule has 0 spiro atoms. The number of hydrogen-bond acceptors (Lipinski definition) is 6. The second kappa shape index (κ2) is 12.7. The summed E-state index contributed by atoms with van der Waals surface area (Å²) in [5.74, 6) is 0.877. The molecule has 7 nitrogen and oxygen atoms in total. The maximum absolute atomic E-state index is 12.5. The molecule has 0 saturated heterocycles. The number of aliphatic carboxylic acids is 1. The highest BCUT2D eigenvalue weighted by atomic mass is 16.5. The van der Waals surface area contributed by atoms with Crippen molar-refractivity contribution in [3.63, 3.8) is 0 Å². The summed E-state index contributed by atoms with van der Waals surface area (Å²) in [7, 11) is 0. The molecule has 4 rings (SSSR count). The molecule has 0 radical (unpaired) electrons. The van der Waals surface area contributed by atoms with E-state index in [4.69, 9.17) is 9.15 Å². The molecule has 0 amide bonds. The Labute approximate surface area is 228 Å². The van der Waals surface area contributed by atoms with Crippen LogP contribution in [-0.2, 0) is 17.6 Å². The first-order chi connectivity index (χ1) is 18.8. The number of nitrogens with one attached hydrogen (secondary N) is 1. The van der Waals surface area contributed by atoms with Crippen LogP contribution in [0.15, 0.2) is 95.1 Å². The van der Waals surface area contributed by atoms with Crippen LogP contribution < -0.4 is 10.1 Å². The molecule has 4 aromatic rings. The predicted octanol–water partition coefficient (Wildman–Crippen LogP) is 5.95. The summed E-state index contributed by atoms with van der Waals surface area (Å²) in [5, 5.41) is 12.7. The van der Waals surface area contributed by atoms with Crippen molar-refractivity contribution in [2.24, 2.45) is 0 Å². The Bertz CT molecular complexity index is 1460. The van der Waals surface area contributed by atoms with Gasteiger partial charge in [0.05, 0.1) is 12.3 Å². The Hall–Kier alpha value is -4.65. The molecular weight excluding hydrogens is 492 g/mol. The average molecular weight is 525 g/mol. The number of rotatable bonds is 12. The minimum atomic E-state index is -0.996. The lowest BCUT2D eigenvalue weighted by atomic mass is 10.0. The summed E-state index contributed by atoms with van der Waals surface area (Å²) < 4.78 is 11.7. The van der Waals surface area contributed by atoms with Crippen molar-refractivity contribution in [3.8, 4) is 17.2 Å². The fourth-order valence-corrected chi connectivity index (χ4v) is 4.18. The first kappa shape index (κ1) is 27.4. The molecule has 0 fully saturated rings. The van der Waals surface area contributed by atoms with E-state index in [0.29, 0.717) is 35.9 Å². The summed E-state index contributed by atoms with van der Waals surface area (Å²) in [6.07, 6.45) is 2.28. The fraction of sp³-hybridized carbons (Fsp3) is 0.219. The van der Waals surface area contributed by atoms with E-state index in [0.717, 1.165) is 28.1 Å². The Morgan fingerprint density at radius 2 is 1.77 bits per heavy atom. The van der Waals surface area contributed by atoms with Crippen molar-refractivity contribution in [2.45, 2.75) is 39.7 Å². The maximum Gasteiger partial charge on any atom is 0.326 e. The number of ether oxygens (including phenoxy) is 1. The zero-order chi connectivity index (χ0) is 27.8. The molecular formula is C32H32N2O5. The lowest BCUT2D eigenvalue weighted by Gasteiger charge is -2.16. The van der Waals surface area contributed by atoms with Gasteiger partial charge in [0, 0.05) is 35.7 Å². The highest BCUT2D eigenvalue weighted by molar-refractivity contribution is 6.05. The zero-order valence-electron chi connectivity index (χ0n) is 22.3. The summed E-state index contributed by atoms with van der Waals surface area (Å²) in [6, 6.07) is 23.5. The van der Waals surface area contributed by atoms with Crippen LogP contribution in [-0.4, -0.2) is 34.5 Å². The quantitative estimate of drug-likeness (QED) is 0.174. The number of carboxylic acids is 1. The number of aromatic nitrogens is 1. The first-order valence-electron chi connectivity index (χ1n) is 12.8. The fourth-order valence-electron chi connectivity index (χ4n) is 4.18. The first-order valence-corrected chi connectivity index (χ1v) is 12.8. The highest BCUT2D eigenvalue weighted by Crippen LogP contribution is 2.22. The monoisotopic (exact) mass is 524 g/mol. The number of carbonyl (C=O) groups is 2. The van der Waals surface area contributed by atoms with Crippen LogP contribution in [0.5, 0.6) is 5.75 Å². The van der Waals surface area contributed by atoms with Gasteiger partial charge in [-0.2, -0.15) is 0 Å². The number of allylic oxidation sites excluding steroid dienone is 2. The van der Waals surface area contributed by atoms with Crippen LogP contribution >= 0.6 is 0 Å². The number of aryl methyl sites for hydroxylation is 2. The standard InChI is InChI=1S/C32H32N2O5/c1-21-8-7-11-26(18-21)30(35)19-22(2)33-29(32(36)37)20-24-12-14-27(15-13-24)38-17-16-28-23(3)39-31(34-28)25-9-5-4-6-10-25/h4-15,18-19,29,33H,16-17,20H2,1-3H3,(H,36,37)/t29-/m0/s1. The smallest absolute Gasteiger partial charge is 0.326 e. The van der Waals surface area contributed by atoms with Gasteiger partial charge >= 0.3 is 5.97 Å². The van der Waals surface area contributed by atoms with E-state index in [2.05, 4.69) is 10.3 Å². The SMILES string of the molecule is CC(=CC(=O)c1cccc(C)c1)N[C@@H](Cc1ccc(OCCc2nc(-c3ccccc3)oc2C)cc1)C(=O)O. The largest absolute Gasteiger partial charge is 0.493 e. The van der Waals surface area contributed by atoms with Crippen LogP contribution in [0.1, 0.15) is 39.9 Å². The second-order valence-corrected chi connectivity index (χ2v) is 9.43. The van der Waals surface area contributed by atoms with E-state index in [9.17, 15) is 14.7 Å². The number of oxazole rings is 1. The highest BCUT2D eigenvalue weighted by Gasteiger charge is 2.18. The van der Waals surface area contributed by atoms with E-state index < -0.39 is 12.0 Å². The van der Waals surface area contributed by atoms with Crippen molar-refractivity contribution < 1.29 is 23.8 Å². The van der Waals surface area contributed by atoms with E-state index >= 15 is 0 Å². The third-order valence-electron chi connectivity index (χ3n) is 6.23. The molecule has 1 aromatic heterocycles. The van der Waals surface area contributed by atoms with Crippen molar-refractivity contribution in [1.29, 1.82) is 0 Å². The predicted molar refractivity (Wildman–Crippen MR) is 150 cm³/mol. The molecule has 0 aliphatic heterocycles. The molecule has 0 aliphatic rings. The van der Waals surface area contributed by atoms with Gasteiger partial charge in [-0.1, -0.05) is 54.1 Å². The van der Waals surface area contributed by atoms with E-state index in [1.807, 2.05) is 80.6 Å². The molecule has 0 bridgehead atoms. The zero-order valence-corrected chi connectivity index (χ0v) is 22.3. The van der Waals surface area contributed by atoms with Gasteiger partial charge in [-0.05, 0) is 56.7 Å². The maximum atomic E-state index is 12.5.